The van der Waals surface area contributed by atoms with E-state index in [2.05, 4.69) is 15.7 Å². The minimum Gasteiger partial charge on any atom is -0.387 e. The Morgan fingerprint density at radius 3 is 2.70 bits per heavy atom. The number of urea groups is 1. The van der Waals surface area contributed by atoms with E-state index in [1.54, 1.807) is 24.0 Å². The normalized spacial score (nSPS) is 11.9. The lowest BCUT2D eigenvalue weighted by Gasteiger charge is -2.12. The van der Waals surface area contributed by atoms with Gasteiger partial charge >= 0.3 is 6.03 Å². The van der Waals surface area contributed by atoms with Gasteiger partial charge < -0.3 is 10.4 Å². The molecule has 2 amide bonds. The maximum atomic E-state index is 12.7. The van der Waals surface area contributed by atoms with Crippen LogP contribution in [0.25, 0.3) is 0 Å². The largest absolute Gasteiger partial charge is 0.387 e. The highest BCUT2D eigenvalue weighted by Crippen LogP contribution is 2.12. The van der Waals surface area contributed by atoms with E-state index in [9.17, 15) is 14.3 Å². The number of carbonyl (C=O) groups is 1. The van der Waals surface area contributed by atoms with Gasteiger partial charge in [0.05, 0.1) is 6.10 Å². The van der Waals surface area contributed by atoms with Crippen LogP contribution in [0.2, 0.25) is 0 Å². The number of nitrogens with zero attached hydrogens (tertiary/aromatic N) is 2. The Hall–Kier alpha value is -2.41. The molecule has 1 atom stereocenters. The number of aliphatic hydroxyl groups excluding tert-OH is 1. The third-order valence-corrected chi connectivity index (χ3v) is 2.67. The fraction of sp³-hybridized carbons (Fsp3) is 0.231. The van der Waals surface area contributed by atoms with Gasteiger partial charge in [-0.3, -0.25) is 10.00 Å². The number of rotatable bonds is 4. The molecule has 2 rings (SSSR count). The number of halogens is 1. The van der Waals surface area contributed by atoms with Gasteiger partial charge in [-0.25, -0.2) is 9.18 Å². The topological polar surface area (TPSA) is 79.2 Å². The predicted molar refractivity (Wildman–Crippen MR) is 71.6 cm³/mol. The van der Waals surface area contributed by atoms with E-state index in [1.807, 2.05) is 0 Å². The predicted octanol–water partition coefficient (Wildman–Crippen LogP) is 1.41. The minimum absolute atomic E-state index is 0.0182. The van der Waals surface area contributed by atoms with Gasteiger partial charge in [-0.15, -0.1) is 0 Å². The van der Waals surface area contributed by atoms with Gasteiger partial charge in [-0.05, 0) is 17.7 Å². The minimum atomic E-state index is -0.898. The van der Waals surface area contributed by atoms with Gasteiger partial charge in [0, 0.05) is 25.9 Å². The van der Waals surface area contributed by atoms with Crippen molar-refractivity contribution in [3.05, 3.63) is 47.9 Å². The molecule has 20 heavy (non-hydrogen) atoms. The van der Waals surface area contributed by atoms with E-state index in [4.69, 9.17) is 0 Å². The van der Waals surface area contributed by atoms with Gasteiger partial charge in [0.25, 0.3) is 0 Å². The summed E-state index contributed by atoms with van der Waals surface area (Å²) in [6.45, 7) is 0.0182. The number of amides is 2. The van der Waals surface area contributed by atoms with E-state index in [1.165, 1.54) is 24.3 Å². The summed E-state index contributed by atoms with van der Waals surface area (Å²) in [4.78, 5) is 11.6. The van der Waals surface area contributed by atoms with Crippen molar-refractivity contribution in [3.63, 3.8) is 0 Å². The Bertz CT molecular complexity index is 582. The first kappa shape index (κ1) is 14.0. The lowest BCUT2D eigenvalue weighted by molar-refractivity contribution is 0.175. The molecule has 2 aromatic rings. The molecule has 0 spiro atoms. The van der Waals surface area contributed by atoms with E-state index in [0.29, 0.717) is 11.4 Å². The number of benzene rings is 1. The van der Waals surface area contributed by atoms with Crippen LogP contribution in [-0.2, 0) is 7.05 Å². The van der Waals surface area contributed by atoms with Crippen LogP contribution in [0.5, 0.6) is 0 Å². The second kappa shape index (κ2) is 6.16. The number of aryl methyl sites for hydroxylation is 1. The highest BCUT2D eigenvalue weighted by molar-refractivity contribution is 5.88. The van der Waals surface area contributed by atoms with Crippen molar-refractivity contribution >= 4 is 11.8 Å². The number of carbonyl (C=O) groups excluding carboxylic acids is 1. The molecule has 0 aliphatic carbocycles. The number of aromatic nitrogens is 2. The van der Waals surface area contributed by atoms with Gasteiger partial charge in [0.15, 0.2) is 5.82 Å². The summed E-state index contributed by atoms with van der Waals surface area (Å²) in [6, 6.07) is 6.64. The van der Waals surface area contributed by atoms with Crippen molar-refractivity contribution in [2.75, 3.05) is 11.9 Å². The summed E-state index contributed by atoms with van der Waals surface area (Å²) < 4.78 is 14.3. The number of hydrogen-bond acceptors (Lipinski definition) is 3. The zero-order valence-corrected chi connectivity index (χ0v) is 10.9. The van der Waals surface area contributed by atoms with Crippen LogP contribution >= 0.6 is 0 Å². The summed E-state index contributed by atoms with van der Waals surface area (Å²) in [6.07, 6.45) is 0.799. The van der Waals surface area contributed by atoms with E-state index >= 15 is 0 Å². The molecule has 0 radical (unpaired) electrons. The first-order valence-electron chi connectivity index (χ1n) is 6.02. The molecule has 106 valence electrons. The average molecular weight is 278 g/mol. The van der Waals surface area contributed by atoms with Crippen LogP contribution in [0.15, 0.2) is 36.5 Å². The molecule has 6 nitrogen and oxygen atoms in total. The van der Waals surface area contributed by atoms with Gasteiger partial charge in [0.1, 0.15) is 5.82 Å². The highest BCUT2D eigenvalue weighted by Gasteiger charge is 2.10. The molecule has 0 aliphatic heterocycles. The van der Waals surface area contributed by atoms with Crippen LogP contribution in [0, 0.1) is 5.82 Å². The molecule has 0 bridgehead atoms. The molecular formula is C13H15FN4O2. The molecule has 0 unspecified atom stereocenters. The van der Waals surface area contributed by atoms with Crippen molar-refractivity contribution in [2.45, 2.75) is 6.10 Å². The first-order valence-corrected chi connectivity index (χ1v) is 6.02. The summed E-state index contributed by atoms with van der Waals surface area (Å²) >= 11 is 0. The third kappa shape index (κ3) is 3.79. The van der Waals surface area contributed by atoms with Crippen molar-refractivity contribution in [1.29, 1.82) is 0 Å². The van der Waals surface area contributed by atoms with Gasteiger partial charge in [0.2, 0.25) is 0 Å². The lowest BCUT2D eigenvalue weighted by Crippen LogP contribution is -2.32. The first-order chi connectivity index (χ1) is 9.54. The lowest BCUT2D eigenvalue weighted by atomic mass is 10.1. The Kier molecular flexibility index (Phi) is 4.31. The second-order valence-electron chi connectivity index (χ2n) is 4.28. The van der Waals surface area contributed by atoms with Crippen LogP contribution in [0.1, 0.15) is 11.7 Å². The van der Waals surface area contributed by atoms with Crippen LogP contribution in [0.3, 0.4) is 0 Å². The number of nitrogens with one attached hydrogen (secondary N) is 2. The summed E-state index contributed by atoms with van der Waals surface area (Å²) in [5, 5.41) is 18.9. The SMILES string of the molecule is Cn1ccc(NC(=O)NC[C@@H](O)c2ccc(F)cc2)n1. The second-order valence-corrected chi connectivity index (χ2v) is 4.28. The maximum absolute atomic E-state index is 12.7. The van der Waals surface area contributed by atoms with Gasteiger partial charge in [-0.2, -0.15) is 5.10 Å². The van der Waals surface area contributed by atoms with E-state index < -0.39 is 12.1 Å². The van der Waals surface area contributed by atoms with E-state index in [-0.39, 0.29) is 12.4 Å². The Morgan fingerprint density at radius 1 is 1.40 bits per heavy atom. The summed E-state index contributed by atoms with van der Waals surface area (Å²) in [5.74, 6) is 0.0445. The van der Waals surface area contributed by atoms with Crippen molar-refractivity contribution in [3.8, 4) is 0 Å². The molecule has 0 fully saturated rings. The van der Waals surface area contributed by atoms with Crippen LogP contribution in [-0.4, -0.2) is 27.5 Å². The molecule has 7 heteroatoms. The molecule has 0 saturated carbocycles. The Labute approximate surface area is 115 Å². The zero-order valence-electron chi connectivity index (χ0n) is 10.9. The monoisotopic (exact) mass is 278 g/mol. The molecule has 0 saturated heterocycles. The standard InChI is InChI=1S/C13H15FN4O2/c1-18-7-6-12(17-18)16-13(20)15-8-11(19)9-2-4-10(14)5-3-9/h2-7,11,19H,8H2,1H3,(H2,15,16,17,20)/t11-/m1/s1. The highest BCUT2D eigenvalue weighted by atomic mass is 19.1. The Morgan fingerprint density at radius 2 is 2.10 bits per heavy atom. The summed E-state index contributed by atoms with van der Waals surface area (Å²) in [7, 11) is 1.74. The number of aliphatic hydroxyl groups is 1. The van der Waals surface area contributed by atoms with Crippen molar-refractivity contribution in [2.24, 2.45) is 7.05 Å². The fourth-order valence-electron chi connectivity index (χ4n) is 1.63. The van der Waals surface area contributed by atoms with Crippen LogP contribution in [0.4, 0.5) is 15.0 Å². The quantitative estimate of drug-likeness (QED) is 0.791. The molecule has 0 aliphatic rings. The third-order valence-electron chi connectivity index (χ3n) is 2.67. The average Bonchev–Trinajstić information content (AvgIpc) is 2.82. The van der Waals surface area contributed by atoms with Crippen LogP contribution < -0.4 is 10.6 Å². The molecule has 1 aromatic carbocycles. The summed E-state index contributed by atoms with van der Waals surface area (Å²) in [5.41, 5.74) is 0.532. The van der Waals surface area contributed by atoms with Crippen molar-refractivity contribution < 1.29 is 14.3 Å². The van der Waals surface area contributed by atoms with E-state index in [0.717, 1.165) is 0 Å². The molecule has 1 aromatic heterocycles. The maximum Gasteiger partial charge on any atom is 0.320 e. The van der Waals surface area contributed by atoms with Gasteiger partial charge in [-0.1, -0.05) is 12.1 Å². The zero-order chi connectivity index (χ0) is 14.5. The number of anilines is 1. The molecule has 1 heterocycles. The smallest absolute Gasteiger partial charge is 0.320 e. The van der Waals surface area contributed by atoms with Crippen molar-refractivity contribution in [1.82, 2.24) is 15.1 Å². The molecule has 3 N–H and O–H groups in total. The number of hydrogen-bond donors (Lipinski definition) is 3. The Balaban J connectivity index is 1.82. The molecular weight excluding hydrogens is 263 g/mol. The fourth-order valence-corrected chi connectivity index (χ4v) is 1.63.